The average molecular weight is 358 g/mol. The zero-order chi connectivity index (χ0) is 18.5. The lowest BCUT2D eigenvalue weighted by Gasteiger charge is -2.39. The molecule has 1 aromatic rings. The maximum atomic E-state index is 12.8. The van der Waals surface area contributed by atoms with E-state index in [9.17, 15) is 9.59 Å². The third kappa shape index (κ3) is 4.64. The lowest BCUT2D eigenvalue weighted by molar-refractivity contribution is -0.147. The first kappa shape index (κ1) is 18.9. The average Bonchev–Trinajstić information content (AvgIpc) is 2.68. The SMILES string of the molecule is CC(C(=O)N1CCC(C(=O)O)CC1)N1CCC(Cc2ccccc2)CC1. The van der Waals surface area contributed by atoms with E-state index in [-0.39, 0.29) is 17.9 Å². The van der Waals surface area contributed by atoms with E-state index < -0.39 is 5.97 Å². The van der Waals surface area contributed by atoms with Crippen LogP contribution in [0, 0.1) is 11.8 Å². The summed E-state index contributed by atoms with van der Waals surface area (Å²) in [7, 11) is 0. The van der Waals surface area contributed by atoms with Gasteiger partial charge in [0.2, 0.25) is 5.91 Å². The van der Waals surface area contributed by atoms with Crippen LogP contribution in [-0.2, 0) is 16.0 Å². The molecule has 1 atom stereocenters. The van der Waals surface area contributed by atoms with Crippen LogP contribution in [0.5, 0.6) is 0 Å². The molecule has 1 unspecified atom stereocenters. The molecule has 0 spiro atoms. The van der Waals surface area contributed by atoms with Crippen molar-refractivity contribution in [1.82, 2.24) is 9.80 Å². The highest BCUT2D eigenvalue weighted by Gasteiger charge is 2.32. The molecule has 26 heavy (non-hydrogen) atoms. The fourth-order valence-corrected chi connectivity index (χ4v) is 4.26. The Morgan fingerprint density at radius 1 is 1.04 bits per heavy atom. The van der Waals surface area contributed by atoms with Crippen LogP contribution in [0.3, 0.4) is 0 Å². The van der Waals surface area contributed by atoms with Crippen molar-refractivity contribution in [3.05, 3.63) is 35.9 Å². The van der Waals surface area contributed by atoms with Crippen molar-refractivity contribution in [2.45, 2.75) is 45.1 Å². The Morgan fingerprint density at radius 3 is 2.23 bits per heavy atom. The number of hydrogen-bond acceptors (Lipinski definition) is 3. The number of rotatable bonds is 5. The fourth-order valence-electron chi connectivity index (χ4n) is 4.26. The zero-order valence-corrected chi connectivity index (χ0v) is 15.6. The molecule has 0 radical (unpaired) electrons. The largest absolute Gasteiger partial charge is 0.481 e. The quantitative estimate of drug-likeness (QED) is 0.879. The third-order valence-corrected chi connectivity index (χ3v) is 6.08. The fraction of sp³-hybridized carbons (Fsp3) is 0.619. The molecule has 1 amide bonds. The van der Waals surface area contributed by atoms with Gasteiger partial charge in [0.05, 0.1) is 12.0 Å². The number of benzene rings is 1. The Bertz CT molecular complexity index is 603. The van der Waals surface area contributed by atoms with Crippen molar-refractivity contribution in [3.8, 4) is 0 Å². The summed E-state index contributed by atoms with van der Waals surface area (Å²) in [6, 6.07) is 10.5. The number of amides is 1. The van der Waals surface area contributed by atoms with Crippen LogP contribution >= 0.6 is 0 Å². The van der Waals surface area contributed by atoms with E-state index in [2.05, 4.69) is 35.2 Å². The molecule has 0 bridgehead atoms. The van der Waals surface area contributed by atoms with E-state index in [0.29, 0.717) is 31.8 Å². The molecule has 0 aliphatic carbocycles. The van der Waals surface area contributed by atoms with Gasteiger partial charge < -0.3 is 10.0 Å². The molecule has 0 saturated carbocycles. The van der Waals surface area contributed by atoms with E-state index in [4.69, 9.17) is 5.11 Å². The summed E-state index contributed by atoms with van der Waals surface area (Å²) in [5.74, 6) is -0.161. The first-order valence-electron chi connectivity index (χ1n) is 9.84. The molecule has 142 valence electrons. The van der Waals surface area contributed by atoms with E-state index in [1.165, 1.54) is 5.56 Å². The highest BCUT2D eigenvalue weighted by atomic mass is 16.4. The normalized spacial score (nSPS) is 21.5. The number of likely N-dealkylation sites (tertiary alicyclic amines) is 2. The van der Waals surface area contributed by atoms with Gasteiger partial charge in [-0.1, -0.05) is 30.3 Å². The molecule has 1 N–H and O–H groups in total. The zero-order valence-electron chi connectivity index (χ0n) is 15.6. The molecule has 5 heteroatoms. The van der Waals surface area contributed by atoms with Gasteiger partial charge in [-0.25, -0.2) is 0 Å². The molecule has 2 saturated heterocycles. The molecule has 0 aromatic heterocycles. The standard InChI is InChI=1S/C21H30N2O3/c1-16(20(24)23-13-9-19(10-14-23)21(25)26)22-11-7-18(8-12-22)15-17-5-3-2-4-6-17/h2-6,16,18-19H,7-15H2,1H3,(H,25,26). The number of carbonyl (C=O) groups is 2. The summed E-state index contributed by atoms with van der Waals surface area (Å²) in [4.78, 5) is 28.0. The maximum absolute atomic E-state index is 12.8. The molecule has 2 fully saturated rings. The second kappa shape index (κ2) is 8.67. The molecular weight excluding hydrogens is 328 g/mol. The number of carbonyl (C=O) groups excluding carboxylic acids is 1. The molecule has 2 heterocycles. The molecular formula is C21H30N2O3. The number of nitrogens with zero attached hydrogens (tertiary/aromatic N) is 2. The van der Waals surface area contributed by atoms with Crippen LogP contribution in [0.2, 0.25) is 0 Å². The van der Waals surface area contributed by atoms with Crippen molar-refractivity contribution in [3.63, 3.8) is 0 Å². The molecule has 3 rings (SSSR count). The highest BCUT2D eigenvalue weighted by molar-refractivity contribution is 5.82. The highest BCUT2D eigenvalue weighted by Crippen LogP contribution is 2.24. The van der Waals surface area contributed by atoms with E-state index in [0.717, 1.165) is 32.4 Å². The number of carboxylic acids is 1. The van der Waals surface area contributed by atoms with Crippen LogP contribution < -0.4 is 0 Å². The van der Waals surface area contributed by atoms with Gasteiger partial charge in [0, 0.05) is 13.1 Å². The Morgan fingerprint density at radius 2 is 1.65 bits per heavy atom. The Labute approximate surface area is 156 Å². The van der Waals surface area contributed by atoms with E-state index in [1.807, 2.05) is 11.8 Å². The van der Waals surface area contributed by atoms with Crippen LogP contribution in [0.1, 0.15) is 38.2 Å². The summed E-state index contributed by atoms with van der Waals surface area (Å²) in [6.45, 7) is 5.09. The monoisotopic (exact) mass is 358 g/mol. The van der Waals surface area contributed by atoms with Crippen LogP contribution in [0.4, 0.5) is 0 Å². The lowest BCUT2D eigenvalue weighted by Crippen LogP contribution is -2.51. The first-order chi connectivity index (χ1) is 12.5. The van der Waals surface area contributed by atoms with Crippen LogP contribution in [0.15, 0.2) is 30.3 Å². The van der Waals surface area contributed by atoms with E-state index in [1.54, 1.807) is 0 Å². The summed E-state index contributed by atoms with van der Waals surface area (Å²) in [6.07, 6.45) is 4.54. The van der Waals surface area contributed by atoms with Gasteiger partial charge in [0.1, 0.15) is 0 Å². The predicted octanol–water partition coefficient (Wildman–Crippen LogP) is 2.65. The van der Waals surface area contributed by atoms with Gasteiger partial charge in [0.25, 0.3) is 0 Å². The Balaban J connectivity index is 1.45. The minimum absolute atomic E-state index is 0.103. The summed E-state index contributed by atoms with van der Waals surface area (Å²) < 4.78 is 0. The van der Waals surface area contributed by atoms with Crippen molar-refractivity contribution in [2.75, 3.05) is 26.2 Å². The van der Waals surface area contributed by atoms with Gasteiger partial charge in [-0.15, -0.1) is 0 Å². The Hall–Kier alpha value is -1.88. The molecule has 5 nitrogen and oxygen atoms in total. The van der Waals surface area contributed by atoms with Gasteiger partial charge in [-0.2, -0.15) is 0 Å². The van der Waals surface area contributed by atoms with E-state index >= 15 is 0 Å². The minimum Gasteiger partial charge on any atom is -0.481 e. The smallest absolute Gasteiger partial charge is 0.306 e. The second-order valence-corrected chi connectivity index (χ2v) is 7.78. The molecule has 2 aliphatic heterocycles. The van der Waals surface area contributed by atoms with Crippen molar-refractivity contribution in [1.29, 1.82) is 0 Å². The van der Waals surface area contributed by atoms with Gasteiger partial charge in [0.15, 0.2) is 0 Å². The molecule has 1 aromatic carbocycles. The Kier molecular flexibility index (Phi) is 6.30. The van der Waals surface area contributed by atoms with Crippen molar-refractivity contribution >= 4 is 11.9 Å². The van der Waals surface area contributed by atoms with Crippen LogP contribution in [-0.4, -0.2) is 59.0 Å². The number of carboxylic acid groups (broad SMARTS) is 1. The lowest BCUT2D eigenvalue weighted by atomic mass is 9.89. The van der Waals surface area contributed by atoms with Gasteiger partial charge in [-0.05, 0) is 63.6 Å². The van der Waals surface area contributed by atoms with Gasteiger partial charge in [-0.3, -0.25) is 14.5 Å². The topological polar surface area (TPSA) is 60.9 Å². The number of piperidine rings is 2. The first-order valence-corrected chi connectivity index (χ1v) is 9.84. The third-order valence-electron chi connectivity index (χ3n) is 6.08. The van der Waals surface area contributed by atoms with Crippen molar-refractivity contribution in [2.24, 2.45) is 11.8 Å². The summed E-state index contributed by atoms with van der Waals surface area (Å²) in [5, 5.41) is 9.10. The minimum atomic E-state index is -0.731. The summed E-state index contributed by atoms with van der Waals surface area (Å²) >= 11 is 0. The predicted molar refractivity (Wildman–Crippen MR) is 101 cm³/mol. The second-order valence-electron chi connectivity index (χ2n) is 7.78. The molecule has 2 aliphatic rings. The van der Waals surface area contributed by atoms with Crippen LogP contribution in [0.25, 0.3) is 0 Å². The van der Waals surface area contributed by atoms with Crippen molar-refractivity contribution < 1.29 is 14.7 Å². The number of aliphatic carboxylic acids is 1. The number of hydrogen-bond donors (Lipinski definition) is 1. The van der Waals surface area contributed by atoms with Gasteiger partial charge >= 0.3 is 5.97 Å². The maximum Gasteiger partial charge on any atom is 0.306 e. The summed E-state index contributed by atoms with van der Waals surface area (Å²) in [5.41, 5.74) is 1.40.